The average molecular weight is 572 g/mol. The van der Waals surface area contributed by atoms with Gasteiger partial charge in [0.15, 0.2) is 0 Å². The average Bonchev–Trinajstić information content (AvgIpc) is 3.62. The third kappa shape index (κ3) is 7.50. The van der Waals surface area contributed by atoms with Gasteiger partial charge in [-0.1, -0.05) is 69.3 Å². The van der Waals surface area contributed by atoms with Crippen LogP contribution in [0.3, 0.4) is 0 Å². The number of benzene rings is 3. The van der Waals surface area contributed by atoms with E-state index in [1.54, 1.807) is 25.7 Å². The molecule has 7 heteroatoms. The van der Waals surface area contributed by atoms with E-state index in [2.05, 4.69) is 17.6 Å². The molecule has 1 aliphatic rings. The lowest BCUT2D eigenvalue weighted by molar-refractivity contribution is -0.142. The van der Waals surface area contributed by atoms with Gasteiger partial charge < -0.3 is 20.3 Å². The Morgan fingerprint density at radius 3 is 2.26 bits per heavy atom. The third-order valence-corrected chi connectivity index (χ3v) is 7.86. The molecule has 1 aliphatic carbocycles. The number of hydrogen-bond acceptors (Lipinski definition) is 4. The molecule has 0 radical (unpaired) electrons. The van der Waals surface area contributed by atoms with Crippen LogP contribution >= 0.6 is 0 Å². The number of alkyl carbamates (subject to hydrolysis) is 1. The van der Waals surface area contributed by atoms with Crippen molar-refractivity contribution in [3.05, 3.63) is 77.4 Å². The van der Waals surface area contributed by atoms with Gasteiger partial charge in [0.1, 0.15) is 17.7 Å². The van der Waals surface area contributed by atoms with Gasteiger partial charge in [0.25, 0.3) is 5.91 Å². The lowest BCUT2D eigenvalue weighted by atomic mass is 9.94. The first-order chi connectivity index (χ1) is 19.7. The topological polar surface area (TPSA) is 87.7 Å². The van der Waals surface area contributed by atoms with Gasteiger partial charge in [0, 0.05) is 11.7 Å². The lowest BCUT2D eigenvalue weighted by Crippen LogP contribution is -2.54. The molecule has 3 amide bonds. The summed E-state index contributed by atoms with van der Waals surface area (Å²) in [6.07, 6.45) is 0.563. The van der Waals surface area contributed by atoms with Gasteiger partial charge in [-0.25, -0.2) is 4.79 Å². The highest BCUT2D eigenvalue weighted by molar-refractivity contribution is 6.00. The van der Waals surface area contributed by atoms with Gasteiger partial charge >= 0.3 is 6.09 Å². The van der Waals surface area contributed by atoms with E-state index < -0.39 is 23.8 Å². The summed E-state index contributed by atoms with van der Waals surface area (Å²) in [7, 11) is 0. The highest BCUT2D eigenvalue weighted by Gasteiger charge is 2.48. The van der Waals surface area contributed by atoms with Crippen LogP contribution in [-0.2, 0) is 14.3 Å². The van der Waals surface area contributed by atoms with E-state index in [4.69, 9.17) is 4.74 Å². The number of carbonyl (C=O) groups is 3. The Hall–Kier alpha value is -3.87. The molecule has 0 spiro atoms. The molecule has 42 heavy (non-hydrogen) atoms. The number of carbonyl (C=O) groups excluding carboxylic acids is 3. The molecule has 0 bridgehead atoms. The fourth-order valence-electron chi connectivity index (χ4n) is 5.46. The third-order valence-electron chi connectivity index (χ3n) is 7.86. The van der Waals surface area contributed by atoms with Crippen molar-refractivity contribution in [3.8, 4) is 0 Å². The van der Waals surface area contributed by atoms with Crippen molar-refractivity contribution in [1.82, 2.24) is 10.2 Å². The zero-order valence-corrected chi connectivity index (χ0v) is 26.2. The van der Waals surface area contributed by atoms with E-state index in [0.717, 1.165) is 33.9 Å². The molecule has 0 saturated heterocycles. The van der Waals surface area contributed by atoms with Crippen LogP contribution in [0.1, 0.15) is 77.1 Å². The largest absolute Gasteiger partial charge is 0.444 e. The Morgan fingerprint density at radius 2 is 1.64 bits per heavy atom. The van der Waals surface area contributed by atoms with E-state index >= 15 is 0 Å². The Labute approximate surface area is 250 Å². The van der Waals surface area contributed by atoms with Crippen molar-refractivity contribution in [3.63, 3.8) is 0 Å². The van der Waals surface area contributed by atoms with Crippen molar-refractivity contribution >= 4 is 34.4 Å². The number of rotatable bonds is 9. The van der Waals surface area contributed by atoms with Crippen LogP contribution in [-0.4, -0.2) is 40.5 Å². The fraction of sp³-hybridized carbons (Fsp3) is 0.457. The van der Waals surface area contributed by atoms with Crippen LogP contribution < -0.4 is 10.6 Å². The second-order valence-corrected chi connectivity index (χ2v) is 13.1. The molecule has 4 rings (SSSR count). The van der Waals surface area contributed by atoms with Gasteiger partial charge in [-0.3, -0.25) is 9.59 Å². The molecule has 2 N–H and O–H groups in total. The Kier molecular flexibility index (Phi) is 9.29. The van der Waals surface area contributed by atoms with E-state index in [0.29, 0.717) is 12.1 Å². The molecule has 4 atom stereocenters. The second-order valence-electron chi connectivity index (χ2n) is 13.1. The standard InChI is InChI=1S/C35H45N3O4/c1-21(2)18-29(37-34(41)42-35(6,7)8)33(40)38(30-19-23(30)4)31(28-15-11-12-22(3)24(28)5)32(39)36-27-17-16-25-13-9-10-14-26(25)20-27/h9-17,20-21,23,29-31H,18-19H2,1-8H3,(H,36,39)(H,37,41). The lowest BCUT2D eigenvalue weighted by Gasteiger charge is -2.36. The van der Waals surface area contributed by atoms with E-state index in [9.17, 15) is 14.4 Å². The SMILES string of the molecule is Cc1cccc(C(C(=O)Nc2ccc3ccccc3c2)N(C(=O)C(CC(C)C)NC(=O)OC(C)(C)C)C2CC2C)c1C. The molecule has 224 valence electrons. The Bertz CT molecular complexity index is 1460. The maximum atomic E-state index is 14.5. The maximum Gasteiger partial charge on any atom is 0.408 e. The fourth-order valence-corrected chi connectivity index (χ4v) is 5.46. The first-order valence-corrected chi connectivity index (χ1v) is 14.9. The normalized spacial score (nSPS) is 17.8. The summed E-state index contributed by atoms with van der Waals surface area (Å²) in [5, 5.41) is 8.05. The van der Waals surface area contributed by atoms with Gasteiger partial charge in [-0.05, 0) is 98.9 Å². The minimum absolute atomic E-state index is 0.123. The first-order valence-electron chi connectivity index (χ1n) is 14.9. The second kappa shape index (κ2) is 12.6. The van der Waals surface area contributed by atoms with Gasteiger partial charge in [-0.15, -0.1) is 0 Å². The summed E-state index contributed by atoms with van der Waals surface area (Å²) in [6, 6.07) is 17.8. The van der Waals surface area contributed by atoms with Crippen molar-refractivity contribution in [2.75, 3.05) is 5.32 Å². The highest BCUT2D eigenvalue weighted by atomic mass is 16.6. The van der Waals surface area contributed by atoms with Crippen LogP contribution in [0.25, 0.3) is 10.8 Å². The molecule has 1 saturated carbocycles. The van der Waals surface area contributed by atoms with Crippen molar-refractivity contribution in [2.45, 2.75) is 92.0 Å². The number of fused-ring (bicyclic) bond motifs is 1. The zero-order valence-electron chi connectivity index (χ0n) is 26.2. The molecule has 3 aromatic rings. The van der Waals surface area contributed by atoms with Crippen LogP contribution in [0.2, 0.25) is 0 Å². The summed E-state index contributed by atoms with van der Waals surface area (Å²) in [5.74, 6) is -0.204. The predicted molar refractivity (Wildman–Crippen MR) is 168 cm³/mol. The van der Waals surface area contributed by atoms with Crippen LogP contribution in [0.15, 0.2) is 60.7 Å². The van der Waals surface area contributed by atoms with Crippen molar-refractivity contribution in [1.29, 1.82) is 0 Å². The van der Waals surface area contributed by atoms with E-state index in [1.807, 2.05) is 88.4 Å². The molecule has 0 aromatic heterocycles. The molecule has 1 fully saturated rings. The highest BCUT2D eigenvalue weighted by Crippen LogP contribution is 2.42. The number of hydrogen-bond donors (Lipinski definition) is 2. The minimum Gasteiger partial charge on any atom is -0.444 e. The van der Waals surface area contributed by atoms with Crippen molar-refractivity contribution < 1.29 is 19.1 Å². The van der Waals surface area contributed by atoms with Gasteiger partial charge in [0.2, 0.25) is 5.91 Å². The van der Waals surface area contributed by atoms with Crippen LogP contribution in [0.4, 0.5) is 10.5 Å². The van der Waals surface area contributed by atoms with Crippen LogP contribution in [0, 0.1) is 25.7 Å². The summed E-state index contributed by atoms with van der Waals surface area (Å²) in [6.45, 7) is 15.5. The smallest absolute Gasteiger partial charge is 0.408 e. The van der Waals surface area contributed by atoms with Gasteiger partial charge in [-0.2, -0.15) is 0 Å². The molecule has 3 aromatic carbocycles. The molecule has 7 nitrogen and oxygen atoms in total. The van der Waals surface area contributed by atoms with Gasteiger partial charge in [0.05, 0.1) is 0 Å². The molecular weight excluding hydrogens is 526 g/mol. The predicted octanol–water partition coefficient (Wildman–Crippen LogP) is 7.31. The van der Waals surface area contributed by atoms with E-state index in [1.165, 1.54) is 0 Å². The number of aryl methyl sites for hydroxylation is 1. The number of nitrogens with zero attached hydrogens (tertiary/aromatic N) is 1. The first kappa shape index (κ1) is 31.1. The van der Waals surface area contributed by atoms with Crippen LogP contribution in [0.5, 0.6) is 0 Å². The summed E-state index contributed by atoms with van der Waals surface area (Å²) in [4.78, 5) is 43.5. The number of ether oxygens (including phenoxy) is 1. The maximum absolute atomic E-state index is 14.5. The van der Waals surface area contributed by atoms with Crippen molar-refractivity contribution in [2.24, 2.45) is 11.8 Å². The Balaban J connectivity index is 1.75. The monoisotopic (exact) mass is 571 g/mol. The molecule has 0 heterocycles. The quantitative estimate of drug-likeness (QED) is 0.282. The minimum atomic E-state index is -0.881. The molecular formula is C35H45N3O4. The zero-order chi connectivity index (χ0) is 30.8. The molecule has 0 aliphatic heterocycles. The summed E-state index contributed by atoms with van der Waals surface area (Å²) >= 11 is 0. The number of amides is 3. The van der Waals surface area contributed by atoms with E-state index in [-0.39, 0.29) is 29.7 Å². The molecule has 4 unspecified atom stereocenters. The summed E-state index contributed by atoms with van der Waals surface area (Å²) in [5.41, 5.74) is 2.74. The Morgan fingerprint density at radius 1 is 0.976 bits per heavy atom. The number of anilines is 1. The summed E-state index contributed by atoms with van der Waals surface area (Å²) < 4.78 is 5.52. The number of nitrogens with one attached hydrogen (secondary N) is 2.